The van der Waals surface area contributed by atoms with Crippen LogP contribution in [-0.4, -0.2) is 61.0 Å². The third kappa shape index (κ3) is 5.14. The van der Waals surface area contributed by atoms with Crippen LogP contribution in [0.3, 0.4) is 0 Å². The van der Waals surface area contributed by atoms with Crippen molar-refractivity contribution >= 4 is 9.84 Å². The van der Waals surface area contributed by atoms with E-state index in [0.717, 1.165) is 38.0 Å². The Hall–Kier alpha value is -1.21. The van der Waals surface area contributed by atoms with Gasteiger partial charge in [-0.25, -0.2) is 18.4 Å². The van der Waals surface area contributed by atoms with Gasteiger partial charge in [-0.15, -0.1) is 0 Å². The van der Waals surface area contributed by atoms with Crippen molar-refractivity contribution in [3.8, 4) is 6.01 Å². The number of aryl methyl sites for hydroxylation is 1. The van der Waals surface area contributed by atoms with Crippen LogP contribution in [0.2, 0.25) is 0 Å². The van der Waals surface area contributed by atoms with Crippen molar-refractivity contribution in [2.45, 2.75) is 32.6 Å². The average Bonchev–Trinajstić information content (AvgIpc) is 2.57. The molecule has 2 aliphatic rings. The molecule has 0 bridgehead atoms. The summed E-state index contributed by atoms with van der Waals surface area (Å²) in [4.78, 5) is 10.9. The highest BCUT2D eigenvalue weighted by Crippen LogP contribution is 2.23. The quantitative estimate of drug-likeness (QED) is 0.802. The Morgan fingerprint density at radius 1 is 1.17 bits per heavy atom. The van der Waals surface area contributed by atoms with Crippen molar-refractivity contribution in [3.05, 3.63) is 18.0 Å². The summed E-state index contributed by atoms with van der Waals surface area (Å²) in [5.74, 6) is 1.75. The van der Waals surface area contributed by atoms with Crippen LogP contribution in [0, 0.1) is 18.8 Å². The summed E-state index contributed by atoms with van der Waals surface area (Å²) in [6.07, 6.45) is 7.52. The van der Waals surface area contributed by atoms with Crippen LogP contribution in [0.5, 0.6) is 6.01 Å². The van der Waals surface area contributed by atoms with E-state index < -0.39 is 9.84 Å². The molecule has 1 aromatic rings. The fourth-order valence-electron chi connectivity index (χ4n) is 3.59. The zero-order chi connectivity index (χ0) is 17.0. The summed E-state index contributed by atoms with van der Waals surface area (Å²) in [5.41, 5.74) is 1.03. The third-order valence-electron chi connectivity index (χ3n) is 5.00. The predicted molar refractivity (Wildman–Crippen MR) is 92.8 cm³/mol. The third-order valence-corrected chi connectivity index (χ3v) is 6.71. The molecule has 0 N–H and O–H groups in total. The first kappa shape index (κ1) is 17.6. The highest BCUT2D eigenvalue weighted by Gasteiger charge is 2.27. The van der Waals surface area contributed by atoms with E-state index in [4.69, 9.17) is 4.74 Å². The molecular weight excluding hydrogens is 326 g/mol. The minimum Gasteiger partial charge on any atom is -0.463 e. The number of sulfone groups is 1. The SMILES string of the molecule is Cc1cnc(OCC2CCCN(CC3CCS(=O)(=O)CC3)C2)nc1. The molecule has 2 aliphatic heterocycles. The van der Waals surface area contributed by atoms with Crippen LogP contribution in [0.15, 0.2) is 12.4 Å². The molecule has 0 aliphatic carbocycles. The Balaban J connectivity index is 1.43. The maximum atomic E-state index is 11.5. The summed E-state index contributed by atoms with van der Waals surface area (Å²) in [6, 6.07) is 0.454. The number of likely N-dealkylation sites (tertiary alicyclic amines) is 1. The van der Waals surface area contributed by atoms with Gasteiger partial charge in [-0.1, -0.05) is 0 Å². The van der Waals surface area contributed by atoms with Crippen molar-refractivity contribution < 1.29 is 13.2 Å². The van der Waals surface area contributed by atoms with Gasteiger partial charge < -0.3 is 9.64 Å². The molecule has 0 saturated carbocycles. The van der Waals surface area contributed by atoms with Crippen molar-refractivity contribution in [2.24, 2.45) is 11.8 Å². The number of nitrogens with zero attached hydrogens (tertiary/aromatic N) is 3. The van der Waals surface area contributed by atoms with Gasteiger partial charge in [-0.2, -0.15) is 0 Å². The molecule has 134 valence electrons. The highest BCUT2D eigenvalue weighted by atomic mass is 32.2. The van der Waals surface area contributed by atoms with E-state index >= 15 is 0 Å². The Kier molecular flexibility index (Phi) is 5.71. The molecule has 0 amide bonds. The Morgan fingerprint density at radius 3 is 2.58 bits per heavy atom. The normalized spacial score (nSPS) is 25.5. The summed E-state index contributed by atoms with van der Waals surface area (Å²) in [6.45, 7) is 5.76. The van der Waals surface area contributed by atoms with Crippen molar-refractivity contribution in [3.63, 3.8) is 0 Å². The molecule has 0 aromatic carbocycles. The molecule has 3 heterocycles. The van der Waals surface area contributed by atoms with Crippen LogP contribution in [0.4, 0.5) is 0 Å². The number of hydrogen-bond acceptors (Lipinski definition) is 6. The van der Waals surface area contributed by atoms with Crippen molar-refractivity contribution in [1.82, 2.24) is 14.9 Å². The van der Waals surface area contributed by atoms with Crippen LogP contribution >= 0.6 is 0 Å². The maximum absolute atomic E-state index is 11.5. The second-order valence-corrected chi connectivity index (χ2v) is 9.52. The molecule has 0 spiro atoms. The lowest BCUT2D eigenvalue weighted by molar-refractivity contribution is 0.110. The van der Waals surface area contributed by atoms with E-state index in [1.807, 2.05) is 6.92 Å². The number of ether oxygens (including phenoxy) is 1. The number of rotatable bonds is 5. The lowest BCUT2D eigenvalue weighted by Gasteiger charge is -2.35. The molecule has 3 rings (SSSR count). The first-order valence-corrected chi connectivity index (χ1v) is 10.7. The van der Waals surface area contributed by atoms with E-state index in [2.05, 4.69) is 14.9 Å². The van der Waals surface area contributed by atoms with Gasteiger partial charge in [0.2, 0.25) is 0 Å². The summed E-state index contributed by atoms with van der Waals surface area (Å²) in [7, 11) is -2.76. The van der Waals surface area contributed by atoms with Gasteiger partial charge >= 0.3 is 6.01 Å². The molecule has 1 aromatic heterocycles. The fraction of sp³-hybridized carbons (Fsp3) is 0.765. The molecule has 1 unspecified atom stereocenters. The zero-order valence-electron chi connectivity index (χ0n) is 14.4. The first-order chi connectivity index (χ1) is 11.5. The summed E-state index contributed by atoms with van der Waals surface area (Å²) in [5, 5.41) is 0. The molecular formula is C17H27N3O3S. The zero-order valence-corrected chi connectivity index (χ0v) is 15.2. The molecule has 1 atom stereocenters. The van der Waals surface area contributed by atoms with Gasteiger partial charge in [0.25, 0.3) is 0 Å². The Morgan fingerprint density at radius 2 is 1.88 bits per heavy atom. The van der Waals surface area contributed by atoms with Gasteiger partial charge in [-0.05, 0) is 50.6 Å². The topological polar surface area (TPSA) is 72.4 Å². The average molecular weight is 353 g/mol. The van der Waals surface area contributed by atoms with E-state index in [1.165, 1.54) is 12.8 Å². The summed E-state index contributed by atoms with van der Waals surface area (Å²) >= 11 is 0. The van der Waals surface area contributed by atoms with E-state index in [9.17, 15) is 8.42 Å². The predicted octanol–water partition coefficient (Wildman–Crippen LogP) is 1.70. The minimum atomic E-state index is -2.76. The summed E-state index contributed by atoms with van der Waals surface area (Å²) < 4.78 is 28.8. The van der Waals surface area contributed by atoms with Gasteiger partial charge in [0, 0.05) is 31.4 Å². The van der Waals surface area contributed by atoms with Gasteiger partial charge in [0.1, 0.15) is 9.84 Å². The number of aromatic nitrogens is 2. The van der Waals surface area contributed by atoms with Crippen LogP contribution in [-0.2, 0) is 9.84 Å². The lowest BCUT2D eigenvalue weighted by atomic mass is 9.96. The van der Waals surface area contributed by atoms with Crippen LogP contribution in [0.1, 0.15) is 31.2 Å². The largest absolute Gasteiger partial charge is 0.463 e. The molecule has 7 heteroatoms. The van der Waals surface area contributed by atoms with Crippen molar-refractivity contribution in [1.29, 1.82) is 0 Å². The standard InChI is InChI=1S/C17H27N3O3S/c1-14-9-18-17(19-10-14)23-13-16-3-2-6-20(12-16)11-15-4-7-24(21,22)8-5-15/h9-10,15-16H,2-8,11-13H2,1H3. The second-order valence-electron chi connectivity index (χ2n) is 7.22. The van der Waals surface area contributed by atoms with E-state index in [-0.39, 0.29) is 0 Å². The van der Waals surface area contributed by atoms with E-state index in [0.29, 0.717) is 36.0 Å². The van der Waals surface area contributed by atoms with Gasteiger partial charge in [0.15, 0.2) is 0 Å². The minimum absolute atomic E-state index is 0.364. The monoisotopic (exact) mass is 353 g/mol. The molecule has 2 saturated heterocycles. The van der Waals surface area contributed by atoms with Crippen LogP contribution < -0.4 is 4.74 Å². The Labute approximate surface area is 144 Å². The highest BCUT2D eigenvalue weighted by molar-refractivity contribution is 7.91. The van der Waals surface area contributed by atoms with Gasteiger partial charge in [0.05, 0.1) is 18.1 Å². The first-order valence-electron chi connectivity index (χ1n) is 8.84. The number of piperidine rings is 1. The molecule has 2 fully saturated rings. The fourth-order valence-corrected chi connectivity index (χ4v) is 5.18. The number of hydrogen-bond donors (Lipinski definition) is 0. The van der Waals surface area contributed by atoms with Gasteiger partial charge in [-0.3, -0.25) is 0 Å². The lowest BCUT2D eigenvalue weighted by Crippen LogP contribution is -2.41. The van der Waals surface area contributed by atoms with Crippen LogP contribution in [0.25, 0.3) is 0 Å². The smallest absolute Gasteiger partial charge is 0.316 e. The Bertz CT molecular complexity index is 619. The molecule has 24 heavy (non-hydrogen) atoms. The maximum Gasteiger partial charge on any atom is 0.316 e. The van der Waals surface area contributed by atoms with Crippen molar-refractivity contribution in [2.75, 3.05) is 37.7 Å². The molecule has 0 radical (unpaired) electrons. The molecule has 6 nitrogen and oxygen atoms in total. The van der Waals surface area contributed by atoms with E-state index in [1.54, 1.807) is 12.4 Å². The second kappa shape index (κ2) is 7.78.